The molecule has 2 saturated heterocycles. The molecule has 2 aliphatic heterocycles. The van der Waals surface area contributed by atoms with Crippen LogP contribution in [0.3, 0.4) is 0 Å². The van der Waals surface area contributed by atoms with Crippen LogP contribution in [0.1, 0.15) is 46.1 Å². The third kappa shape index (κ3) is 6.76. The van der Waals surface area contributed by atoms with Gasteiger partial charge < -0.3 is 29.0 Å². The summed E-state index contributed by atoms with van der Waals surface area (Å²) in [5, 5.41) is 11.5. The molecule has 0 radical (unpaired) electrons. The highest BCUT2D eigenvalue weighted by molar-refractivity contribution is 5.96. The minimum Gasteiger partial charge on any atom is -0.486 e. The van der Waals surface area contributed by atoms with Crippen LogP contribution in [0, 0.1) is 0 Å². The summed E-state index contributed by atoms with van der Waals surface area (Å²) in [6, 6.07) is 7.45. The van der Waals surface area contributed by atoms with Gasteiger partial charge in [-0.05, 0) is 64.3 Å². The Bertz CT molecular complexity index is 1540. The highest BCUT2D eigenvalue weighted by Crippen LogP contribution is 2.39. The van der Waals surface area contributed by atoms with E-state index in [9.17, 15) is 27.9 Å². The number of carbonyl (C=O) groups excluding carboxylic acids is 1. The molecule has 0 aliphatic carbocycles. The average molecular weight is 605 g/mol. The lowest BCUT2D eigenvalue weighted by Crippen LogP contribution is -2.58. The number of alkyl halides is 3. The molecule has 2 fully saturated rings. The number of nitrogens with zero attached hydrogens (tertiary/aromatic N) is 3. The molecule has 234 valence electrons. The summed E-state index contributed by atoms with van der Waals surface area (Å²) < 4.78 is 52.4. The van der Waals surface area contributed by atoms with Gasteiger partial charge in [0.15, 0.2) is 0 Å². The number of hydrogen-bond acceptors (Lipinski definition) is 6. The highest BCUT2D eigenvalue weighted by atomic mass is 19.4. The fraction of sp³-hybridized carbons (Fsp3) is 0.548. The van der Waals surface area contributed by atoms with Crippen LogP contribution < -0.4 is 10.3 Å². The van der Waals surface area contributed by atoms with E-state index >= 15 is 0 Å². The lowest BCUT2D eigenvalue weighted by Gasteiger charge is -2.45. The van der Waals surface area contributed by atoms with Gasteiger partial charge in [0.05, 0.1) is 17.8 Å². The summed E-state index contributed by atoms with van der Waals surface area (Å²) in [4.78, 5) is 30.3. The predicted molar refractivity (Wildman–Crippen MR) is 156 cm³/mol. The second-order valence-corrected chi connectivity index (χ2v) is 12.8. The van der Waals surface area contributed by atoms with E-state index in [1.54, 1.807) is 33.3 Å². The number of amides is 1. The molecule has 0 bridgehead atoms. The molecule has 1 amide bonds. The summed E-state index contributed by atoms with van der Waals surface area (Å²) >= 11 is 0. The Morgan fingerprint density at radius 3 is 2.35 bits per heavy atom. The number of aliphatic hydroxyl groups is 1. The predicted octanol–water partition coefficient (Wildman–Crippen LogP) is 4.17. The van der Waals surface area contributed by atoms with Crippen LogP contribution in [0.15, 0.2) is 41.5 Å². The van der Waals surface area contributed by atoms with E-state index in [2.05, 4.69) is 9.88 Å². The first kappa shape index (κ1) is 31.1. The van der Waals surface area contributed by atoms with Gasteiger partial charge in [-0.2, -0.15) is 13.2 Å². The summed E-state index contributed by atoms with van der Waals surface area (Å²) in [6.07, 6.45) is -0.761. The van der Waals surface area contributed by atoms with Crippen molar-refractivity contribution < 1.29 is 32.5 Å². The van der Waals surface area contributed by atoms with Crippen molar-refractivity contribution in [3.8, 4) is 16.9 Å². The Morgan fingerprint density at radius 2 is 1.72 bits per heavy atom. The fourth-order valence-electron chi connectivity index (χ4n) is 5.95. The average Bonchev–Trinajstić information content (AvgIpc) is 3.39. The number of nitrogens with one attached hydrogen (secondary N) is 1. The van der Waals surface area contributed by atoms with Crippen molar-refractivity contribution in [1.29, 1.82) is 0 Å². The van der Waals surface area contributed by atoms with E-state index in [0.29, 0.717) is 49.3 Å². The van der Waals surface area contributed by atoms with E-state index in [4.69, 9.17) is 9.47 Å². The van der Waals surface area contributed by atoms with Gasteiger partial charge in [-0.15, -0.1) is 0 Å². The molecule has 2 aliphatic rings. The minimum atomic E-state index is -4.84. The van der Waals surface area contributed by atoms with Gasteiger partial charge in [-0.1, -0.05) is 6.07 Å². The van der Waals surface area contributed by atoms with Crippen LogP contribution in [0.4, 0.5) is 13.2 Å². The molecule has 2 aromatic heterocycles. The molecule has 0 saturated carbocycles. The van der Waals surface area contributed by atoms with Crippen LogP contribution in [0.2, 0.25) is 0 Å². The Hall–Kier alpha value is -3.35. The van der Waals surface area contributed by atoms with Crippen molar-refractivity contribution >= 4 is 16.8 Å². The molecule has 4 heterocycles. The van der Waals surface area contributed by atoms with E-state index in [-0.39, 0.29) is 30.9 Å². The monoisotopic (exact) mass is 604 g/mol. The first-order valence-corrected chi connectivity index (χ1v) is 14.5. The second-order valence-electron chi connectivity index (χ2n) is 12.8. The Balaban J connectivity index is 1.24. The lowest BCUT2D eigenvalue weighted by molar-refractivity contribution is -0.188. The number of aryl methyl sites for hydroxylation is 1. The van der Waals surface area contributed by atoms with E-state index in [1.165, 1.54) is 4.57 Å². The largest absolute Gasteiger partial charge is 0.486 e. The number of halogens is 3. The van der Waals surface area contributed by atoms with Crippen LogP contribution in [-0.2, 0) is 22.2 Å². The SMILES string of the molecule is Cn1cc(-c2cc(C(C)(C)O)ccc2OC(C)(C)CN2CC(OC3CCN(C(=O)C(F)(F)F)CC3)C2)c2cc[nH]c2c1=O. The molecule has 1 aromatic carbocycles. The number of piperidine rings is 1. The van der Waals surface area contributed by atoms with Crippen molar-refractivity contribution in [2.24, 2.45) is 7.05 Å². The van der Waals surface area contributed by atoms with Crippen molar-refractivity contribution in [3.63, 3.8) is 0 Å². The Morgan fingerprint density at radius 1 is 1.05 bits per heavy atom. The Kier molecular flexibility index (Phi) is 8.16. The maximum Gasteiger partial charge on any atom is 0.471 e. The van der Waals surface area contributed by atoms with Crippen LogP contribution in [-0.4, -0.2) is 87.1 Å². The number of aromatic nitrogens is 2. The van der Waals surface area contributed by atoms with Crippen LogP contribution >= 0.6 is 0 Å². The van der Waals surface area contributed by atoms with Crippen molar-refractivity contribution in [2.45, 2.75) is 70.1 Å². The summed E-state index contributed by atoms with van der Waals surface area (Å²) in [6.45, 7) is 9.45. The molecule has 12 heteroatoms. The molecule has 2 N–H and O–H groups in total. The second kappa shape index (κ2) is 11.3. The number of carbonyl (C=O) groups is 1. The summed E-state index contributed by atoms with van der Waals surface area (Å²) in [5.41, 5.74) is 0.920. The number of benzene rings is 1. The maximum atomic E-state index is 12.7. The van der Waals surface area contributed by atoms with Gasteiger partial charge in [-0.3, -0.25) is 14.5 Å². The zero-order chi connectivity index (χ0) is 31.3. The molecular formula is C31H39F3N4O5. The number of ether oxygens (including phenoxy) is 2. The number of rotatable bonds is 8. The Labute approximate surface area is 248 Å². The lowest BCUT2D eigenvalue weighted by atomic mass is 9.93. The molecule has 43 heavy (non-hydrogen) atoms. The third-order valence-corrected chi connectivity index (χ3v) is 8.14. The number of hydrogen-bond donors (Lipinski definition) is 2. The van der Waals surface area contributed by atoms with Gasteiger partial charge in [0, 0.05) is 68.7 Å². The molecule has 0 spiro atoms. The van der Waals surface area contributed by atoms with Crippen molar-refractivity contribution in [3.05, 3.63) is 52.6 Å². The minimum absolute atomic E-state index is 0.0280. The fourth-order valence-corrected chi connectivity index (χ4v) is 5.95. The normalized spacial score (nSPS) is 17.8. The summed E-state index contributed by atoms with van der Waals surface area (Å²) in [7, 11) is 1.70. The van der Waals surface area contributed by atoms with E-state index in [0.717, 1.165) is 21.4 Å². The molecular weight excluding hydrogens is 565 g/mol. The molecule has 9 nitrogen and oxygen atoms in total. The third-order valence-electron chi connectivity index (χ3n) is 8.14. The first-order chi connectivity index (χ1) is 20.0. The van der Waals surface area contributed by atoms with E-state index < -0.39 is 23.3 Å². The topological polar surface area (TPSA) is 100 Å². The molecule has 0 unspecified atom stereocenters. The first-order valence-electron chi connectivity index (χ1n) is 14.5. The molecule has 5 rings (SSSR count). The zero-order valence-electron chi connectivity index (χ0n) is 25.1. The zero-order valence-corrected chi connectivity index (χ0v) is 25.1. The number of likely N-dealkylation sites (tertiary alicyclic amines) is 2. The van der Waals surface area contributed by atoms with Gasteiger partial charge in [0.2, 0.25) is 0 Å². The van der Waals surface area contributed by atoms with Gasteiger partial charge in [0.1, 0.15) is 16.9 Å². The van der Waals surface area contributed by atoms with Crippen LogP contribution in [0.5, 0.6) is 5.75 Å². The standard InChI is InChI=1S/C31H39F3N4O5/c1-29(2,18-37-15-21(16-37)42-20-9-12-38(13-10-20)28(40)31(32,33)34)43-25-7-6-19(30(3,4)41)14-23(25)24-17-36(5)27(39)26-22(24)8-11-35-26/h6-8,11,14,17,20-21,35,41H,9-10,12-13,15-16,18H2,1-5H3. The number of H-pyrrole nitrogens is 1. The smallest absolute Gasteiger partial charge is 0.471 e. The number of aromatic amines is 1. The maximum absolute atomic E-state index is 12.7. The van der Waals surface area contributed by atoms with Crippen LogP contribution in [0.25, 0.3) is 22.0 Å². The van der Waals surface area contributed by atoms with Crippen molar-refractivity contribution in [2.75, 3.05) is 32.7 Å². The van der Waals surface area contributed by atoms with E-state index in [1.807, 2.05) is 38.1 Å². The van der Waals surface area contributed by atoms with Gasteiger partial charge >= 0.3 is 12.1 Å². The number of fused-ring (bicyclic) bond motifs is 1. The number of pyridine rings is 1. The quantitative estimate of drug-likeness (QED) is 0.401. The summed E-state index contributed by atoms with van der Waals surface area (Å²) in [5.74, 6) is -1.16. The van der Waals surface area contributed by atoms with Gasteiger partial charge in [-0.25, -0.2) is 0 Å². The molecule has 0 atom stereocenters. The van der Waals surface area contributed by atoms with Crippen molar-refractivity contribution in [1.82, 2.24) is 19.4 Å². The highest BCUT2D eigenvalue weighted by Gasteiger charge is 2.44. The van der Waals surface area contributed by atoms with Gasteiger partial charge in [0.25, 0.3) is 5.56 Å². The molecule has 3 aromatic rings.